The summed E-state index contributed by atoms with van der Waals surface area (Å²) in [5, 5.41) is 26.6. The van der Waals surface area contributed by atoms with Crippen LogP contribution in [0.25, 0.3) is 10.8 Å². The molecular weight excluding hydrogens is 500 g/mol. The first-order chi connectivity index (χ1) is 19.2. The molecule has 6 heteroatoms. The first-order valence-corrected chi connectivity index (χ1v) is 13.2. The van der Waals surface area contributed by atoms with Gasteiger partial charge in [-0.1, -0.05) is 93.6 Å². The van der Waals surface area contributed by atoms with E-state index in [1.54, 1.807) is 32.4 Å². The normalized spacial score (nSPS) is 14.5. The van der Waals surface area contributed by atoms with E-state index in [4.69, 9.17) is 9.47 Å². The lowest BCUT2D eigenvalue weighted by Crippen LogP contribution is -2.60. The molecule has 4 aromatic rings. The first-order valence-electron chi connectivity index (χ1n) is 13.2. The van der Waals surface area contributed by atoms with Crippen molar-refractivity contribution in [1.82, 2.24) is 5.32 Å². The van der Waals surface area contributed by atoms with E-state index in [2.05, 4.69) is 56.4 Å². The van der Waals surface area contributed by atoms with E-state index in [1.807, 2.05) is 42.5 Å². The summed E-state index contributed by atoms with van der Waals surface area (Å²) in [4.78, 5) is 13.4. The Labute approximate surface area is 236 Å². The summed E-state index contributed by atoms with van der Waals surface area (Å²) >= 11 is 0. The largest absolute Gasteiger partial charge is 0.507 e. The zero-order chi connectivity index (χ0) is 29.0. The number of para-hydroxylation sites is 2. The van der Waals surface area contributed by atoms with Crippen molar-refractivity contribution in [2.75, 3.05) is 27.4 Å². The van der Waals surface area contributed by atoms with Crippen LogP contribution in [-0.2, 0) is 10.2 Å². The predicted molar refractivity (Wildman–Crippen MR) is 158 cm³/mol. The van der Waals surface area contributed by atoms with Gasteiger partial charge in [-0.3, -0.25) is 4.79 Å². The van der Waals surface area contributed by atoms with Gasteiger partial charge in [-0.05, 0) is 39.9 Å². The van der Waals surface area contributed by atoms with Crippen molar-refractivity contribution in [1.29, 1.82) is 5.26 Å². The number of carbonyl (C=O) groups is 1. The average molecular weight is 537 g/mol. The highest BCUT2D eigenvalue weighted by atomic mass is 16.5. The summed E-state index contributed by atoms with van der Waals surface area (Å²) in [5.41, 5.74) is -1.09. The maximum atomic E-state index is 13.4. The summed E-state index contributed by atoms with van der Waals surface area (Å²) in [7, 11) is 3.19. The minimum absolute atomic E-state index is 0.0170. The number of nitrogens with one attached hydrogen (secondary N) is 1. The van der Waals surface area contributed by atoms with Crippen LogP contribution in [0, 0.1) is 22.2 Å². The van der Waals surface area contributed by atoms with Gasteiger partial charge in [0.1, 0.15) is 16.9 Å². The molecule has 2 N–H and O–H groups in total. The molecular formula is C34H36N2O4. The third-order valence-corrected chi connectivity index (χ3v) is 7.85. The molecule has 40 heavy (non-hydrogen) atoms. The van der Waals surface area contributed by atoms with Crippen LogP contribution in [0.3, 0.4) is 0 Å². The minimum Gasteiger partial charge on any atom is -0.507 e. The third-order valence-electron chi connectivity index (χ3n) is 7.85. The van der Waals surface area contributed by atoms with E-state index in [9.17, 15) is 15.2 Å². The number of methoxy groups -OCH3 is 2. The zero-order valence-corrected chi connectivity index (χ0v) is 23.7. The van der Waals surface area contributed by atoms with Gasteiger partial charge in [-0.2, -0.15) is 5.26 Å². The van der Waals surface area contributed by atoms with Crippen molar-refractivity contribution in [3.05, 3.63) is 108 Å². The Balaban J connectivity index is 2.09. The number of nitrogens with zero attached hydrogens (tertiary/aromatic N) is 1. The first kappa shape index (κ1) is 28.7. The highest BCUT2D eigenvalue weighted by molar-refractivity contribution is 5.97. The fourth-order valence-corrected chi connectivity index (χ4v) is 6.38. The van der Waals surface area contributed by atoms with Crippen molar-refractivity contribution >= 4 is 16.7 Å². The zero-order valence-electron chi connectivity index (χ0n) is 23.7. The van der Waals surface area contributed by atoms with Crippen molar-refractivity contribution in [2.24, 2.45) is 10.8 Å². The molecule has 0 saturated heterocycles. The smallest absolute Gasteiger partial charge is 0.255 e. The third kappa shape index (κ3) is 4.67. The summed E-state index contributed by atoms with van der Waals surface area (Å²) in [6.07, 6.45) is 0. The molecule has 4 aromatic carbocycles. The van der Waals surface area contributed by atoms with Gasteiger partial charge in [-0.25, -0.2) is 0 Å². The van der Waals surface area contributed by atoms with E-state index < -0.39 is 22.2 Å². The second-order valence-corrected chi connectivity index (χ2v) is 11.1. The molecule has 1 amide bonds. The lowest BCUT2D eigenvalue weighted by Gasteiger charge is -2.55. The lowest BCUT2D eigenvalue weighted by atomic mass is 9.46. The Morgan fingerprint density at radius 3 is 2.17 bits per heavy atom. The summed E-state index contributed by atoms with van der Waals surface area (Å²) < 4.78 is 11.8. The second-order valence-electron chi connectivity index (χ2n) is 11.1. The molecule has 4 rings (SSSR count). The predicted octanol–water partition coefficient (Wildman–Crippen LogP) is 6.47. The molecule has 0 heterocycles. The number of hydrogen-bond acceptors (Lipinski definition) is 5. The number of aromatic hydroxyl groups is 1. The van der Waals surface area contributed by atoms with E-state index in [1.165, 1.54) is 6.07 Å². The topological polar surface area (TPSA) is 91.6 Å². The molecule has 2 atom stereocenters. The van der Waals surface area contributed by atoms with Crippen LogP contribution in [0.2, 0.25) is 0 Å². The van der Waals surface area contributed by atoms with Crippen LogP contribution < -0.4 is 10.1 Å². The van der Waals surface area contributed by atoms with Crippen molar-refractivity contribution < 1.29 is 19.4 Å². The molecule has 0 aromatic heterocycles. The van der Waals surface area contributed by atoms with E-state index in [0.717, 1.165) is 21.9 Å². The summed E-state index contributed by atoms with van der Waals surface area (Å²) in [5.74, 6) is 0.0258. The monoisotopic (exact) mass is 536 g/mol. The number of benzene rings is 4. The number of fused-ring (bicyclic) bond motifs is 1. The van der Waals surface area contributed by atoms with Gasteiger partial charge >= 0.3 is 0 Å². The maximum Gasteiger partial charge on any atom is 0.255 e. The number of carbonyl (C=O) groups excluding carboxylic acids is 1. The van der Waals surface area contributed by atoms with Crippen LogP contribution in [-0.4, -0.2) is 38.4 Å². The molecule has 206 valence electrons. The molecule has 0 fully saturated rings. The number of hydrogen-bond donors (Lipinski definition) is 2. The number of phenolic OH excluding ortho intramolecular Hbond substituents is 1. The molecule has 6 nitrogen and oxygen atoms in total. The van der Waals surface area contributed by atoms with Crippen molar-refractivity contribution in [3.8, 4) is 17.6 Å². The van der Waals surface area contributed by atoms with Gasteiger partial charge in [0.25, 0.3) is 5.91 Å². The van der Waals surface area contributed by atoms with Crippen LogP contribution >= 0.6 is 0 Å². The van der Waals surface area contributed by atoms with Gasteiger partial charge in [0.05, 0.1) is 30.8 Å². The highest BCUT2D eigenvalue weighted by Gasteiger charge is 2.62. The van der Waals surface area contributed by atoms with Gasteiger partial charge in [0.2, 0.25) is 0 Å². The van der Waals surface area contributed by atoms with Crippen molar-refractivity contribution in [3.63, 3.8) is 0 Å². The Morgan fingerprint density at radius 2 is 1.50 bits per heavy atom. The molecule has 0 aliphatic rings. The van der Waals surface area contributed by atoms with Gasteiger partial charge in [-0.15, -0.1) is 0 Å². The fourth-order valence-electron chi connectivity index (χ4n) is 6.38. The summed E-state index contributed by atoms with van der Waals surface area (Å²) in [6.45, 7) is 6.28. The molecule has 0 bridgehead atoms. The molecule has 2 unspecified atom stereocenters. The average Bonchev–Trinajstić information content (AvgIpc) is 2.96. The summed E-state index contributed by atoms with van der Waals surface area (Å²) in [6, 6.07) is 31.0. The molecule has 0 spiro atoms. The standard InChI is InChI=1S/C34H36N2O4/c1-32(2,3)34(28-17-9-11-20-30(28)40-5,27-18-12-14-24-13-6-7-15-25(24)27)33(21-35,23-39-4)22-36-31(38)26-16-8-10-19-29(26)37/h6-20,37H,22-23H2,1-5H3,(H,36,38). The van der Waals surface area contributed by atoms with Crippen LogP contribution in [0.5, 0.6) is 11.5 Å². The SMILES string of the molecule is COCC(C#N)(CNC(=O)c1ccccc1O)C(c1ccccc1OC)(c1cccc2ccccc12)C(C)(C)C. The fraction of sp³-hybridized carbons (Fsp3) is 0.294. The molecule has 0 radical (unpaired) electrons. The Morgan fingerprint density at radius 1 is 0.875 bits per heavy atom. The molecule has 0 aliphatic heterocycles. The number of amides is 1. The molecule has 0 aliphatic carbocycles. The Kier molecular flexibility index (Phi) is 8.18. The number of phenols is 1. The number of rotatable bonds is 9. The van der Waals surface area contributed by atoms with E-state index in [0.29, 0.717) is 5.75 Å². The minimum atomic E-state index is -1.32. The van der Waals surface area contributed by atoms with E-state index >= 15 is 0 Å². The van der Waals surface area contributed by atoms with Crippen LogP contribution in [0.4, 0.5) is 0 Å². The van der Waals surface area contributed by atoms with Crippen LogP contribution in [0.15, 0.2) is 91.0 Å². The quantitative estimate of drug-likeness (QED) is 0.256. The van der Waals surface area contributed by atoms with Crippen LogP contribution in [0.1, 0.15) is 42.3 Å². The number of nitriles is 1. The maximum absolute atomic E-state index is 13.4. The van der Waals surface area contributed by atoms with E-state index in [-0.39, 0.29) is 24.5 Å². The highest BCUT2D eigenvalue weighted by Crippen LogP contribution is 2.60. The van der Waals surface area contributed by atoms with Gasteiger partial charge in [0.15, 0.2) is 0 Å². The van der Waals surface area contributed by atoms with Crippen molar-refractivity contribution in [2.45, 2.75) is 26.2 Å². The Hall–Kier alpha value is -4.34. The molecule has 0 saturated carbocycles. The Bertz CT molecular complexity index is 1550. The second kappa shape index (κ2) is 11.4. The van der Waals surface area contributed by atoms with Gasteiger partial charge < -0.3 is 19.9 Å². The number of ether oxygens (including phenoxy) is 2. The van der Waals surface area contributed by atoms with Gasteiger partial charge in [0, 0.05) is 19.2 Å². The lowest BCUT2D eigenvalue weighted by molar-refractivity contribution is 0.0160.